The average molecular weight is 553 g/mol. The van der Waals surface area contributed by atoms with Crippen molar-refractivity contribution in [2.24, 2.45) is 11.8 Å². The molecule has 3 rings (SSSR count). The first kappa shape index (κ1) is 31.2. The lowest BCUT2D eigenvalue weighted by molar-refractivity contribution is -0.657. The molecule has 0 unspecified atom stereocenters. The number of carboxylic acids is 2. The van der Waals surface area contributed by atoms with Gasteiger partial charge in [0, 0.05) is 25.7 Å². The number of quaternary nitrogens is 4. The number of rotatable bonds is 19. The van der Waals surface area contributed by atoms with Gasteiger partial charge >= 0.3 is 11.9 Å². The molecule has 0 saturated carbocycles. The fraction of sp³-hybridized carbons (Fsp3) is 0.438. The van der Waals surface area contributed by atoms with Gasteiger partial charge < -0.3 is 32.3 Å². The van der Waals surface area contributed by atoms with Gasteiger partial charge in [-0.15, -0.1) is 0 Å². The van der Waals surface area contributed by atoms with Crippen LogP contribution in [0, 0.1) is 11.8 Å². The maximum Gasteiger partial charge on any atom is 0.307 e. The van der Waals surface area contributed by atoms with Gasteiger partial charge in [-0.2, -0.15) is 0 Å². The molecular weight excluding hydrogens is 504 g/mol. The second kappa shape index (κ2) is 16.7. The number of carboxylic acid groups (broad SMARTS) is 2. The molecule has 2 atom stereocenters. The molecule has 0 heterocycles. The molecule has 3 aromatic rings. The van der Waals surface area contributed by atoms with E-state index in [0.717, 1.165) is 86.9 Å². The predicted molar refractivity (Wildman–Crippen MR) is 156 cm³/mol. The van der Waals surface area contributed by atoms with Crippen molar-refractivity contribution < 1.29 is 41.9 Å². The number of nitrogens with two attached hydrogens (primary N) is 2. The molecule has 0 fully saturated rings. The van der Waals surface area contributed by atoms with Gasteiger partial charge in [-0.05, 0) is 45.9 Å². The van der Waals surface area contributed by atoms with Crippen molar-refractivity contribution in [2.75, 3.05) is 39.3 Å². The minimum Gasteiger partial charge on any atom is -0.481 e. The van der Waals surface area contributed by atoms with Gasteiger partial charge in [-0.1, -0.05) is 60.7 Å². The molecular formula is C32H48N4O4+4. The zero-order valence-electron chi connectivity index (χ0n) is 23.7. The summed E-state index contributed by atoms with van der Waals surface area (Å²) in [5, 5.41) is 26.9. The van der Waals surface area contributed by atoms with Crippen LogP contribution in [-0.2, 0) is 35.3 Å². The molecule has 0 radical (unpaired) electrons. The van der Waals surface area contributed by atoms with Crippen LogP contribution in [0.3, 0.4) is 0 Å². The summed E-state index contributed by atoms with van der Waals surface area (Å²) >= 11 is 0. The van der Waals surface area contributed by atoms with Crippen LogP contribution in [0.5, 0.6) is 0 Å². The normalized spacial score (nSPS) is 12.8. The molecule has 0 aliphatic carbocycles. The number of fused-ring (bicyclic) bond motifs is 1. The summed E-state index contributed by atoms with van der Waals surface area (Å²) in [7, 11) is 0. The summed E-state index contributed by atoms with van der Waals surface area (Å²) in [4.78, 5) is 24.5. The van der Waals surface area contributed by atoms with E-state index in [1.807, 2.05) is 42.5 Å². The Labute approximate surface area is 237 Å². The molecule has 0 amide bonds. The van der Waals surface area contributed by atoms with Crippen molar-refractivity contribution in [2.45, 2.75) is 38.5 Å². The maximum atomic E-state index is 12.3. The van der Waals surface area contributed by atoms with Crippen LogP contribution in [0.1, 0.15) is 35.1 Å². The standard InChI is InChI=1S/C32H44N4O4/c33-12-4-14-35-16-10-26-21-25-9-8-24(18-28(25)22-27(26)11-17-36-15-5-13-34)20-30(32(39)40)29(31(37)38)19-23-6-2-1-3-7-23/h1-3,6-9,18,21-22,29-30,35-36H,4-5,10-17,19-20,33-34H2,(H,37,38)(H,39,40)/p+4/t29-,30-/m1/s1. The number of benzene rings is 3. The van der Waals surface area contributed by atoms with Crippen LogP contribution < -0.4 is 22.1 Å². The zero-order chi connectivity index (χ0) is 28.7. The topological polar surface area (TPSA) is 163 Å². The van der Waals surface area contributed by atoms with Crippen LogP contribution in [-0.4, -0.2) is 61.4 Å². The molecule has 3 aromatic carbocycles. The van der Waals surface area contributed by atoms with Crippen LogP contribution in [0.2, 0.25) is 0 Å². The van der Waals surface area contributed by atoms with Gasteiger partial charge in [0.2, 0.25) is 0 Å². The largest absolute Gasteiger partial charge is 0.481 e. The van der Waals surface area contributed by atoms with E-state index in [1.54, 1.807) is 0 Å². The minimum atomic E-state index is -1.08. The zero-order valence-corrected chi connectivity index (χ0v) is 23.7. The fourth-order valence-electron chi connectivity index (χ4n) is 5.34. The highest BCUT2D eigenvalue weighted by molar-refractivity contribution is 5.85. The Morgan fingerprint density at radius 3 is 1.70 bits per heavy atom. The third kappa shape index (κ3) is 9.71. The Balaban J connectivity index is 1.83. The molecule has 0 bridgehead atoms. The lowest BCUT2D eigenvalue weighted by Crippen LogP contribution is -2.85. The highest BCUT2D eigenvalue weighted by Crippen LogP contribution is 2.27. The van der Waals surface area contributed by atoms with E-state index in [0.29, 0.717) is 0 Å². The van der Waals surface area contributed by atoms with Gasteiger partial charge in [-0.25, -0.2) is 0 Å². The third-order valence-corrected chi connectivity index (χ3v) is 7.65. The van der Waals surface area contributed by atoms with Gasteiger partial charge in [0.1, 0.15) is 0 Å². The Hall–Kier alpha value is -3.30. The highest BCUT2D eigenvalue weighted by atomic mass is 16.4. The second-order valence-electron chi connectivity index (χ2n) is 10.7. The first-order valence-corrected chi connectivity index (χ1v) is 14.7. The summed E-state index contributed by atoms with van der Waals surface area (Å²) in [5.74, 6) is -4.19. The molecule has 12 N–H and O–H groups in total. The Morgan fingerprint density at radius 2 is 1.18 bits per heavy atom. The summed E-state index contributed by atoms with van der Waals surface area (Å²) < 4.78 is 0. The molecule has 40 heavy (non-hydrogen) atoms. The second-order valence-corrected chi connectivity index (χ2v) is 10.7. The number of aliphatic carboxylic acids is 2. The van der Waals surface area contributed by atoms with Crippen molar-refractivity contribution >= 4 is 22.7 Å². The van der Waals surface area contributed by atoms with Crippen LogP contribution >= 0.6 is 0 Å². The Kier molecular flexibility index (Phi) is 13.1. The highest BCUT2D eigenvalue weighted by Gasteiger charge is 2.34. The summed E-state index contributed by atoms with van der Waals surface area (Å²) in [6.45, 7) is 6.16. The third-order valence-electron chi connectivity index (χ3n) is 7.65. The first-order chi connectivity index (χ1) is 19.4. The van der Waals surface area contributed by atoms with Gasteiger partial charge in [0.05, 0.1) is 51.1 Å². The molecule has 0 aromatic heterocycles. The van der Waals surface area contributed by atoms with Crippen molar-refractivity contribution in [3.8, 4) is 0 Å². The van der Waals surface area contributed by atoms with E-state index in [1.165, 1.54) is 11.1 Å². The van der Waals surface area contributed by atoms with E-state index < -0.39 is 23.8 Å². The van der Waals surface area contributed by atoms with E-state index in [9.17, 15) is 19.8 Å². The number of carbonyl (C=O) groups is 2. The quantitative estimate of drug-likeness (QED) is 0.111. The van der Waals surface area contributed by atoms with Crippen LogP contribution in [0.25, 0.3) is 10.8 Å². The fourth-order valence-corrected chi connectivity index (χ4v) is 5.34. The molecule has 0 aliphatic heterocycles. The van der Waals surface area contributed by atoms with Crippen molar-refractivity contribution in [1.29, 1.82) is 0 Å². The number of hydrogen-bond acceptors (Lipinski definition) is 2. The minimum absolute atomic E-state index is 0.173. The van der Waals surface area contributed by atoms with Gasteiger partial charge in [0.15, 0.2) is 0 Å². The van der Waals surface area contributed by atoms with Gasteiger partial charge in [0.25, 0.3) is 0 Å². The first-order valence-electron chi connectivity index (χ1n) is 14.7. The lowest BCUT2D eigenvalue weighted by Gasteiger charge is -2.21. The van der Waals surface area contributed by atoms with Crippen LogP contribution in [0.15, 0.2) is 60.7 Å². The van der Waals surface area contributed by atoms with E-state index in [4.69, 9.17) is 0 Å². The van der Waals surface area contributed by atoms with Crippen molar-refractivity contribution in [3.63, 3.8) is 0 Å². The SMILES string of the molecule is [NH3+]CCC[NH2+]CCc1cc2ccc(C[C@@H](C(=O)O)[C@@H](Cc3ccccc3)C(=O)O)cc2cc1CC[NH2+]CCC[NH3+]. The lowest BCUT2D eigenvalue weighted by atomic mass is 9.82. The van der Waals surface area contributed by atoms with Crippen LogP contribution in [0.4, 0.5) is 0 Å². The van der Waals surface area contributed by atoms with Crippen molar-refractivity contribution in [3.05, 3.63) is 82.9 Å². The summed E-state index contributed by atoms with van der Waals surface area (Å²) in [6, 6.07) is 19.8. The molecule has 8 heteroatoms. The Morgan fingerprint density at radius 1 is 0.650 bits per heavy atom. The van der Waals surface area contributed by atoms with E-state index in [-0.39, 0.29) is 12.8 Å². The maximum absolute atomic E-state index is 12.3. The van der Waals surface area contributed by atoms with Crippen molar-refractivity contribution in [1.82, 2.24) is 0 Å². The van der Waals surface area contributed by atoms with E-state index >= 15 is 0 Å². The average Bonchev–Trinajstić information content (AvgIpc) is 2.95. The van der Waals surface area contributed by atoms with Gasteiger partial charge in [-0.3, -0.25) is 9.59 Å². The summed E-state index contributed by atoms with van der Waals surface area (Å²) in [5.41, 5.74) is 12.2. The van der Waals surface area contributed by atoms with E-state index in [2.05, 4.69) is 40.3 Å². The molecule has 216 valence electrons. The summed E-state index contributed by atoms with van der Waals surface area (Å²) in [6.07, 6.45) is 4.57. The molecule has 8 nitrogen and oxygen atoms in total. The number of hydrogen-bond donors (Lipinski definition) is 6. The molecule has 0 aliphatic rings. The monoisotopic (exact) mass is 552 g/mol. The predicted octanol–water partition coefficient (Wildman–Crippen LogP) is -0.498. The molecule has 0 saturated heterocycles. The molecule has 0 spiro atoms. The smallest absolute Gasteiger partial charge is 0.307 e. The Bertz CT molecular complexity index is 1220.